The number of alkyl halides is 3. The Morgan fingerprint density at radius 3 is 2.52 bits per heavy atom. The lowest BCUT2D eigenvalue weighted by Gasteiger charge is -2.11. The fourth-order valence-corrected chi connectivity index (χ4v) is 3.21. The van der Waals surface area contributed by atoms with Gasteiger partial charge in [-0.1, -0.05) is 12.1 Å². The molecule has 1 aromatic carbocycles. The van der Waals surface area contributed by atoms with Crippen LogP contribution in [0.4, 0.5) is 13.2 Å². The molecule has 0 saturated carbocycles. The molecule has 0 aliphatic heterocycles. The summed E-state index contributed by atoms with van der Waals surface area (Å²) in [5, 5.41) is 7.71. The molecule has 1 heterocycles. The summed E-state index contributed by atoms with van der Waals surface area (Å²) >= 11 is 0.987. The number of aliphatic imine (C=N–C) groups is 1. The van der Waals surface area contributed by atoms with Gasteiger partial charge < -0.3 is 15.4 Å². The van der Waals surface area contributed by atoms with Crippen LogP contribution in [0.5, 0.6) is 0 Å². The summed E-state index contributed by atoms with van der Waals surface area (Å²) in [6.07, 6.45) is -3.36. The van der Waals surface area contributed by atoms with Gasteiger partial charge in [-0.05, 0) is 31.0 Å². The Kier molecular flexibility index (Phi) is 8.44. The molecule has 0 spiro atoms. The minimum atomic E-state index is -4.41. The largest absolute Gasteiger partial charge is 0.465 e. The lowest BCUT2D eigenvalue weighted by atomic mass is 10.1. The molecule has 0 fully saturated rings. The molecular weight excluding hydrogens is 405 g/mol. The average molecular weight is 428 g/mol. The minimum absolute atomic E-state index is 0.327. The third kappa shape index (κ3) is 7.37. The number of guanidine groups is 1. The molecule has 10 heteroatoms. The second kappa shape index (κ2) is 10.8. The summed E-state index contributed by atoms with van der Waals surface area (Å²) < 4.78 is 42.4. The first-order chi connectivity index (χ1) is 13.8. The van der Waals surface area contributed by atoms with Crippen molar-refractivity contribution in [3.63, 3.8) is 0 Å². The van der Waals surface area contributed by atoms with Gasteiger partial charge in [-0.2, -0.15) is 13.2 Å². The number of carbonyl (C=O) groups is 1. The van der Waals surface area contributed by atoms with Crippen LogP contribution in [0.1, 0.15) is 33.5 Å². The average Bonchev–Trinajstić information content (AvgIpc) is 3.17. The van der Waals surface area contributed by atoms with E-state index in [9.17, 15) is 18.0 Å². The van der Waals surface area contributed by atoms with Gasteiger partial charge in [0.25, 0.3) is 0 Å². The van der Waals surface area contributed by atoms with E-state index in [4.69, 9.17) is 0 Å². The standard InChI is InChI=1S/C19H23F3N4O2S/c1-3-23-18(25-11-9-16-26-15(12-29-16)19(20,21)22)24-10-8-13-4-6-14(7-5-13)17(27)28-2/h4-7,12H,3,8-11H2,1-2H3,(H2,23,24,25). The van der Waals surface area contributed by atoms with Crippen LogP contribution >= 0.6 is 11.3 Å². The van der Waals surface area contributed by atoms with E-state index in [0.717, 1.165) is 22.3 Å². The summed E-state index contributed by atoms with van der Waals surface area (Å²) in [5.41, 5.74) is 0.683. The smallest absolute Gasteiger partial charge is 0.434 e. The number of benzene rings is 1. The molecule has 1 aromatic heterocycles. The van der Waals surface area contributed by atoms with E-state index in [-0.39, 0.29) is 5.97 Å². The molecule has 158 valence electrons. The maximum absolute atomic E-state index is 12.6. The number of hydrogen-bond donors (Lipinski definition) is 2. The number of nitrogens with one attached hydrogen (secondary N) is 2. The molecule has 2 N–H and O–H groups in total. The van der Waals surface area contributed by atoms with E-state index in [1.807, 2.05) is 19.1 Å². The molecule has 2 rings (SSSR count). The molecule has 0 amide bonds. The Hall–Kier alpha value is -2.62. The first-order valence-electron chi connectivity index (χ1n) is 9.04. The molecule has 0 aliphatic rings. The van der Waals surface area contributed by atoms with Crippen LogP contribution < -0.4 is 10.6 Å². The van der Waals surface area contributed by atoms with Gasteiger partial charge in [-0.3, -0.25) is 4.99 Å². The second-order valence-corrected chi connectivity index (χ2v) is 6.94. The van der Waals surface area contributed by atoms with Crippen LogP contribution in [0.2, 0.25) is 0 Å². The van der Waals surface area contributed by atoms with Gasteiger partial charge in [-0.15, -0.1) is 11.3 Å². The number of methoxy groups -OCH3 is 1. The Morgan fingerprint density at radius 1 is 1.21 bits per heavy atom. The number of carbonyl (C=O) groups excluding carboxylic acids is 1. The predicted molar refractivity (Wildman–Crippen MR) is 106 cm³/mol. The van der Waals surface area contributed by atoms with Gasteiger partial charge >= 0.3 is 12.1 Å². The normalized spacial score (nSPS) is 12.0. The number of esters is 1. The van der Waals surface area contributed by atoms with E-state index < -0.39 is 11.9 Å². The second-order valence-electron chi connectivity index (χ2n) is 6.00. The van der Waals surface area contributed by atoms with Gasteiger partial charge in [-0.25, -0.2) is 9.78 Å². The maximum atomic E-state index is 12.6. The van der Waals surface area contributed by atoms with E-state index in [1.54, 1.807) is 12.1 Å². The van der Waals surface area contributed by atoms with Crippen molar-refractivity contribution < 1.29 is 22.7 Å². The Balaban J connectivity index is 1.82. The van der Waals surface area contributed by atoms with Crippen molar-refractivity contribution in [2.45, 2.75) is 25.9 Å². The van der Waals surface area contributed by atoms with E-state index in [1.165, 1.54) is 7.11 Å². The lowest BCUT2D eigenvalue weighted by molar-refractivity contribution is -0.140. The van der Waals surface area contributed by atoms with E-state index in [0.29, 0.717) is 49.0 Å². The number of rotatable bonds is 8. The summed E-state index contributed by atoms with van der Waals surface area (Å²) in [4.78, 5) is 19.4. The van der Waals surface area contributed by atoms with Crippen molar-refractivity contribution >= 4 is 23.3 Å². The number of aromatic nitrogens is 1. The number of nitrogens with zero attached hydrogens (tertiary/aromatic N) is 2. The van der Waals surface area contributed by atoms with Gasteiger partial charge in [0, 0.05) is 31.4 Å². The van der Waals surface area contributed by atoms with Crippen molar-refractivity contribution in [1.82, 2.24) is 15.6 Å². The molecule has 0 atom stereocenters. The molecule has 0 bridgehead atoms. The monoisotopic (exact) mass is 428 g/mol. The van der Waals surface area contributed by atoms with Crippen molar-refractivity contribution in [1.29, 1.82) is 0 Å². The molecule has 0 unspecified atom stereocenters. The first-order valence-corrected chi connectivity index (χ1v) is 9.92. The third-order valence-corrected chi connectivity index (χ3v) is 4.77. The number of hydrogen-bond acceptors (Lipinski definition) is 5. The quantitative estimate of drug-likeness (QED) is 0.383. The van der Waals surface area contributed by atoms with Gasteiger partial charge in [0.05, 0.1) is 17.7 Å². The van der Waals surface area contributed by atoms with Crippen LogP contribution in [0.25, 0.3) is 0 Å². The maximum Gasteiger partial charge on any atom is 0.434 e. The molecule has 0 aliphatic carbocycles. The van der Waals surface area contributed by atoms with E-state index >= 15 is 0 Å². The lowest BCUT2D eigenvalue weighted by Crippen LogP contribution is -2.38. The van der Waals surface area contributed by atoms with E-state index in [2.05, 4.69) is 25.3 Å². The number of halogens is 3. The Bertz CT molecular complexity index is 820. The van der Waals surface area contributed by atoms with Crippen molar-refractivity contribution in [3.05, 3.63) is 51.5 Å². The highest BCUT2D eigenvalue weighted by Crippen LogP contribution is 2.30. The molecular formula is C19H23F3N4O2S. The zero-order valence-corrected chi connectivity index (χ0v) is 17.0. The van der Waals surface area contributed by atoms with Gasteiger partial charge in [0.2, 0.25) is 0 Å². The van der Waals surface area contributed by atoms with Gasteiger partial charge in [0.15, 0.2) is 11.7 Å². The summed E-state index contributed by atoms with van der Waals surface area (Å²) in [5.74, 6) is 0.213. The molecule has 6 nitrogen and oxygen atoms in total. The SMILES string of the molecule is CCNC(=NCCc1nc(C(F)(F)F)cs1)NCCc1ccc(C(=O)OC)cc1. The van der Waals surface area contributed by atoms with Crippen LogP contribution in [0.15, 0.2) is 34.6 Å². The van der Waals surface area contributed by atoms with Gasteiger partial charge in [0.1, 0.15) is 0 Å². The molecule has 2 aromatic rings. The van der Waals surface area contributed by atoms with Crippen molar-refractivity contribution in [3.8, 4) is 0 Å². The Morgan fingerprint density at radius 2 is 1.93 bits per heavy atom. The Labute approximate surface area is 171 Å². The first kappa shape index (κ1) is 22.7. The fraction of sp³-hybridized carbons (Fsp3) is 0.421. The summed E-state index contributed by atoms with van der Waals surface area (Å²) in [7, 11) is 1.34. The van der Waals surface area contributed by atoms with Crippen molar-refractivity contribution in [2.24, 2.45) is 4.99 Å². The topological polar surface area (TPSA) is 75.6 Å². The molecule has 0 radical (unpaired) electrons. The third-order valence-electron chi connectivity index (χ3n) is 3.86. The van der Waals surface area contributed by atoms with Crippen LogP contribution in [0.3, 0.4) is 0 Å². The molecule has 29 heavy (non-hydrogen) atoms. The van der Waals surface area contributed by atoms with Crippen LogP contribution in [-0.2, 0) is 23.8 Å². The summed E-state index contributed by atoms with van der Waals surface area (Å²) in [6, 6.07) is 7.14. The highest BCUT2D eigenvalue weighted by Gasteiger charge is 2.33. The fourth-order valence-electron chi connectivity index (χ4n) is 2.41. The number of thiazole rings is 1. The van der Waals surface area contributed by atoms with Crippen LogP contribution in [0, 0.1) is 0 Å². The number of ether oxygens (including phenoxy) is 1. The van der Waals surface area contributed by atoms with Crippen molar-refractivity contribution in [2.75, 3.05) is 26.7 Å². The highest BCUT2D eigenvalue weighted by molar-refractivity contribution is 7.09. The molecule has 0 saturated heterocycles. The predicted octanol–water partition coefficient (Wildman–Crippen LogP) is 3.29. The summed E-state index contributed by atoms with van der Waals surface area (Å²) in [6.45, 7) is 3.53. The minimum Gasteiger partial charge on any atom is -0.465 e. The zero-order valence-electron chi connectivity index (χ0n) is 16.2. The highest BCUT2D eigenvalue weighted by atomic mass is 32.1. The zero-order chi connectivity index (χ0) is 21.3. The van der Waals surface area contributed by atoms with Crippen LogP contribution in [-0.4, -0.2) is 43.7 Å².